The summed E-state index contributed by atoms with van der Waals surface area (Å²) in [6.45, 7) is 4.48. The predicted molar refractivity (Wildman–Crippen MR) is 108 cm³/mol. The summed E-state index contributed by atoms with van der Waals surface area (Å²) in [6, 6.07) is 22.2. The Labute approximate surface area is 159 Å². The van der Waals surface area contributed by atoms with Crippen molar-refractivity contribution in [3.63, 3.8) is 0 Å². The molecule has 0 aliphatic heterocycles. The van der Waals surface area contributed by atoms with Gasteiger partial charge < -0.3 is 10.6 Å². The lowest BCUT2D eigenvalue weighted by molar-refractivity contribution is 0.0949. The van der Waals surface area contributed by atoms with E-state index in [1.807, 2.05) is 62.4 Å². The van der Waals surface area contributed by atoms with E-state index in [9.17, 15) is 9.59 Å². The molecular formula is C23H22N2O2. The number of hydrogen-bond donors (Lipinski definition) is 2. The minimum absolute atomic E-state index is 0.163. The molecule has 0 aromatic heterocycles. The summed E-state index contributed by atoms with van der Waals surface area (Å²) in [5.41, 5.74) is 5.13. The summed E-state index contributed by atoms with van der Waals surface area (Å²) >= 11 is 0. The molecular weight excluding hydrogens is 336 g/mol. The Kier molecular flexibility index (Phi) is 5.67. The van der Waals surface area contributed by atoms with Crippen molar-refractivity contribution in [1.82, 2.24) is 5.32 Å². The molecule has 3 aromatic rings. The fourth-order valence-corrected chi connectivity index (χ4v) is 2.70. The molecule has 0 spiro atoms. The van der Waals surface area contributed by atoms with Gasteiger partial charge in [0.05, 0.1) is 0 Å². The fraction of sp³-hybridized carbons (Fsp3) is 0.130. The molecule has 0 bridgehead atoms. The van der Waals surface area contributed by atoms with E-state index in [1.54, 1.807) is 24.3 Å². The highest BCUT2D eigenvalue weighted by molar-refractivity contribution is 6.05. The van der Waals surface area contributed by atoms with Crippen LogP contribution in [0.2, 0.25) is 0 Å². The van der Waals surface area contributed by atoms with Crippen LogP contribution in [0.25, 0.3) is 0 Å². The van der Waals surface area contributed by atoms with E-state index in [4.69, 9.17) is 0 Å². The normalized spacial score (nSPS) is 10.3. The summed E-state index contributed by atoms with van der Waals surface area (Å²) in [4.78, 5) is 24.6. The van der Waals surface area contributed by atoms with Gasteiger partial charge in [-0.05, 0) is 61.4 Å². The Morgan fingerprint density at radius 2 is 1.33 bits per heavy atom. The number of carbonyl (C=O) groups excluding carboxylic acids is 2. The highest BCUT2D eigenvalue weighted by Gasteiger charge is 2.09. The first kappa shape index (κ1) is 18.4. The second kappa shape index (κ2) is 8.32. The maximum absolute atomic E-state index is 12.3. The van der Waals surface area contributed by atoms with Crippen LogP contribution in [0.1, 0.15) is 37.4 Å². The summed E-state index contributed by atoms with van der Waals surface area (Å²) in [5, 5.41) is 5.76. The Balaban J connectivity index is 1.60. The summed E-state index contributed by atoms with van der Waals surface area (Å²) in [6.07, 6.45) is 0. The van der Waals surface area contributed by atoms with Gasteiger partial charge in [-0.2, -0.15) is 0 Å². The second-order valence-corrected chi connectivity index (χ2v) is 6.51. The lowest BCUT2D eigenvalue weighted by Gasteiger charge is -2.09. The second-order valence-electron chi connectivity index (χ2n) is 6.51. The smallest absolute Gasteiger partial charge is 0.255 e. The predicted octanol–water partition coefficient (Wildman–Crippen LogP) is 4.49. The molecule has 2 N–H and O–H groups in total. The van der Waals surface area contributed by atoms with Gasteiger partial charge >= 0.3 is 0 Å². The first-order chi connectivity index (χ1) is 13.0. The standard InChI is InChI=1S/C23H22N2O2/c1-16-7-13-21(14-8-16)25-23(27)19-11-9-18(10-12-19)22(26)24-15-20-6-4-3-5-17(20)2/h3-14H,15H2,1-2H3,(H,24,26)(H,25,27). The van der Waals surface area contributed by atoms with Gasteiger partial charge in [0.2, 0.25) is 0 Å². The molecule has 2 amide bonds. The monoisotopic (exact) mass is 358 g/mol. The summed E-state index contributed by atoms with van der Waals surface area (Å²) < 4.78 is 0. The van der Waals surface area contributed by atoms with Gasteiger partial charge in [0, 0.05) is 23.4 Å². The molecule has 0 aliphatic carbocycles. The topological polar surface area (TPSA) is 58.2 Å². The first-order valence-corrected chi connectivity index (χ1v) is 8.84. The van der Waals surface area contributed by atoms with Crippen molar-refractivity contribution in [3.8, 4) is 0 Å². The largest absolute Gasteiger partial charge is 0.348 e. The number of amides is 2. The quantitative estimate of drug-likeness (QED) is 0.706. The van der Waals surface area contributed by atoms with Gasteiger partial charge in [0.1, 0.15) is 0 Å². The van der Waals surface area contributed by atoms with Crippen LogP contribution in [0.15, 0.2) is 72.8 Å². The third-order valence-corrected chi connectivity index (χ3v) is 4.42. The van der Waals surface area contributed by atoms with Crippen LogP contribution in [0, 0.1) is 13.8 Å². The van der Waals surface area contributed by atoms with Crippen LogP contribution < -0.4 is 10.6 Å². The molecule has 136 valence electrons. The molecule has 4 nitrogen and oxygen atoms in total. The molecule has 4 heteroatoms. The zero-order valence-corrected chi connectivity index (χ0v) is 15.5. The SMILES string of the molecule is Cc1ccc(NC(=O)c2ccc(C(=O)NCc3ccccc3C)cc2)cc1. The molecule has 3 rings (SSSR count). The van der Waals surface area contributed by atoms with Crippen molar-refractivity contribution in [2.24, 2.45) is 0 Å². The van der Waals surface area contributed by atoms with Gasteiger partial charge in [-0.25, -0.2) is 0 Å². The van der Waals surface area contributed by atoms with Gasteiger partial charge in [-0.15, -0.1) is 0 Å². The molecule has 27 heavy (non-hydrogen) atoms. The van der Waals surface area contributed by atoms with Crippen molar-refractivity contribution in [1.29, 1.82) is 0 Å². The Hall–Kier alpha value is -3.40. The maximum Gasteiger partial charge on any atom is 0.255 e. The fourth-order valence-electron chi connectivity index (χ4n) is 2.70. The van der Waals surface area contributed by atoms with E-state index in [0.29, 0.717) is 17.7 Å². The third-order valence-electron chi connectivity index (χ3n) is 4.42. The van der Waals surface area contributed by atoms with Crippen molar-refractivity contribution in [3.05, 3.63) is 101 Å². The molecule has 0 heterocycles. The number of benzene rings is 3. The van der Waals surface area contributed by atoms with E-state index in [-0.39, 0.29) is 11.8 Å². The number of carbonyl (C=O) groups is 2. The molecule has 0 fully saturated rings. The molecule has 3 aromatic carbocycles. The summed E-state index contributed by atoms with van der Waals surface area (Å²) in [7, 11) is 0. The molecule has 0 unspecified atom stereocenters. The third kappa shape index (κ3) is 4.82. The molecule has 0 saturated carbocycles. The lowest BCUT2D eigenvalue weighted by atomic mass is 10.1. The average molecular weight is 358 g/mol. The highest BCUT2D eigenvalue weighted by atomic mass is 16.2. The van der Waals surface area contributed by atoms with Crippen molar-refractivity contribution < 1.29 is 9.59 Å². The molecule has 0 radical (unpaired) electrons. The number of anilines is 1. The van der Waals surface area contributed by atoms with E-state index >= 15 is 0 Å². The summed E-state index contributed by atoms with van der Waals surface area (Å²) in [5.74, 6) is -0.366. The van der Waals surface area contributed by atoms with Gasteiger partial charge in [-0.3, -0.25) is 9.59 Å². The lowest BCUT2D eigenvalue weighted by Crippen LogP contribution is -2.23. The van der Waals surface area contributed by atoms with Crippen LogP contribution in [0.5, 0.6) is 0 Å². The zero-order valence-electron chi connectivity index (χ0n) is 15.5. The molecule has 0 saturated heterocycles. The van der Waals surface area contributed by atoms with E-state index in [1.165, 1.54) is 0 Å². The highest BCUT2D eigenvalue weighted by Crippen LogP contribution is 2.12. The number of hydrogen-bond acceptors (Lipinski definition) is 2. The van der Waals surface area contributed by atoms with Crippen molar-refractivity contribution in [2.45, 2.75) is 20.4 Å². The van der Waals surface area contributed by atoms with Crippen LogP contribution >= 0.6 is 0 Å². The molecule has 0 aliphatic rings. The first-order valence-electron chi connectivity index (χ1n) is 8.84. The van der Waals surface area contributed by atoms with E-state index in [0.717, 1.165) is 22.4 Å². The number of aryl methyl sites for hydroxylation is 2. The Morgan fingerprint density at radius 1 is 0.741 bits per heavy atom. The number of rotatable bonds is 5. The van der Waals surface area contributed by atoms with Crippen LogP contribution in [-0.4, -0.2) is 11.8 Å². The number of nitrogens with one attached hydrogen (secondary N) is 2. The minimum Gasteiger partial charge on any atom is -0.348 e. The minimum atomic E-state index is -0.203. The van der Waals surface area contributed by atoms with E-state index < -0.39 is 0 Å². The van der Waals surface area contributed by atoms with Crippen LogP contribution in [0.3, 0.4) is 0 Å². The zero-order chi connectivity index (χ0) is 19.2. The van der Waals surface area contributed by atoms with Gasteiger partial charge in [-0.1, -0.05) is 42.0 Å². The molecule has 0 atom stereocenters. The Bertz CT molecular complexity index is 945. The van der Waals surface area contributed by atoms with Gasteiger partial charge in [0.15, 0.2) is 0 Å². The van der Waals surface area contributed by atoms with Crippen molar-refractivity contribution in [2.75, 3.05) is 5.32 Å². The van der Waals surface area contributed by atoms with Crippen LogP contribution in [-0.2, 0) is 6.54 Å². The van der Waals surface area contributed by atoms with Gasteiger partial charge in [0.25, 0.3) is 11.8 Å². The maximum atomic E-state index is 12.3. The average Bonchev–Trinajstić information content (AvgIpc) is 2.69. The van der Waals surface area contributed by atoms with E-state index in [2.05, 4.69) is 10.6 Å². The van der Waals surface area contributed by atoms with Crippen molar-refractivity contribution >= 4 is 17.5 Å². The van der Waals surface area contributed by atoms with Crippen LogP contribution in [0.4, 0.5) is 5.69 Å². The Morgan fingerprint density at radius 3 is 1.96 bits per heavy atom.